The van der Waals surface area contributed by atoms with Gasteiger partial charge in [-0.3, -0.25) is 9.10 Å². The Balaban J connectivity index is 1.86. The van der Waals surface area contributed by atoms with Gasteiger partial charge in [-0.15, -0.1) is 0 Å². The Morgan fingerprint density at radius 3 is 2.52 bits per heavy atom. The Hall–Kier alpha value is -2.74. The molecule has 0 aliphatic carbocycles. The van der Waals surface area contributed by atoms with Crippen LogP contribution in [0.3, 0.4) is 0 Å². The number of rotatable bonds is 5. The lowest BCUT2D eigenvalue weighted by Gasteiger charge is -2.19. The van der Waals surface area contributed by atoms with Crippen molar-refractivity contribution >= 4 is 27.3 Å². The van der Waals surface area contributed by atoms with Crippen molar-refractivity contribution in [2.24, 2.45) is 0 Å². The van der Waals surface area contributed by atoms with Crippen molar-refractivity contribution in [3.05, 3.63) is 47.5 Å². The first-order valence-corrected chi connectivity index (χ1v) is 10.1. The fraction of sp³-hybridized carbons (Fsp3) is 0.316. The third kappa shape index (κ3) is 3.71. The SMILES string of the molecule is COc1cccc(C(=O)Nc2ccc(N3CCCS3(=O)=O)cc2C)c1OC. The van der Waals surface area contributed by atoms with Crippen LogP contribution >= 0.6 is 0 Å². The third-order valence-corrected chi connectivity index (χ3v) is 6.36. The number of hydrogen-bond acceptors (Lipinski definition) is 5. The molecule has 7 nitrogen and oxygen atoms in total. The van der Waals surface area contributed by atoms with Gasteiger partial charge in [0.1, 0.15) is 0 Å². The van der Waals surface area contributed by atoms with Gasteiger partial charge in [0.2, 0.25) is 10.0 Å². The number of ether oxygens (including phenoxy) is 2. The number of carbonyl (C=O) groups excluding carboxylic acids is 1. The van der Waals surface area contributed by atoms with Gasteiger partial charge in [0.25, 0.3) is 5.91 Å². The normalized spacial score (nSPS) is 15.4. The van der Waals surface area contributed by atoms with Crippen LogP contribution in [0.15, 0.2) is 36.4 Å². The summed E-state index contributed by atoms with van der Waals surface area (Å²) in [4.78, 5) is 12.7. The van der Waals surface area contributed by atoms with Crippen LogP contribution in [0.1, 0.15) is 22.3 Å². The highest BCUT2D eigenvalue weighted by molar-refractivity contribution is 7.93. The van der Waals surface area contributed by atoms with Crippen molar-refractivity contribution in [2.45, 2.75) is 13.3 Å². The number of sulfonamides is 1. The molecule has 0 bridgehead atoms. The van der Waals surface area contributed by atoms with Crippen LogP contribution in [0.2, 0.25) is 0 Å². The second kappa shape index (κ2) is 7.48. The largest absolute Gasteiger partial charge is 0.493 e. The smallest absolute Gasteiger partial charge is 0.259 e. The summed E-state index contributed by atoms with van der Waals surface area (Å²) in [5, 5.41) is 2.85. The molecule has 2 aromatic rings. The summed E-state index contributed by atoms with van der Waals surface area (Å²) < 4.78 is 36.1. The number of aryl methyl sites for hydroxylation is 1. The molecule has 1 heterocycles. The summed E-state index contributed by atoms with van der Waals surface area (Å²) in [6, 6.07) is 10.3. The molecule has 0 radical (unpaired) electrons. The van der Waals surface area contributed by atoms with Crippen molar-refractivity contribution in [1.29, 1.82) is 0 Å². The number of anilines is 2. The Kier molecular flexibility index (Phi) is 5.27. The van der Waals surface area contributed by atoms with E-state index in [1.165, 1.54) is 18.5 Å². The van der Waals surface area contributed by atoms with E-state index in [1.807, 2.05) is 6.92 Å². The van der Waals surface area contributed by atoms with Crippen LogP contribution in [0.4, 0.5) is 11.4 Å². The standard InChI is InChI=1S/C19H22N2O5S/c1-13-12-14(21-10-5-11-27(21,23)24)8-9-16(13)20-19(22)15-6-4-7-17(25-2)18(15)26-3/h4,6-9,12H,5,10-11H2,1-3H3,(H,20,22). The lowest BCUT2D eigenvalue weighted by Crippen LogP contribution is -2.25. The van der Waals surface area contributed by atoms with Gasteiger partial charge in [0.05, 0.1) is 31.2 Å². The Morgan fingerprint density at radius 1 is 1.15 bits per heavy atom. The average molecular weight is 390 g/mol. The van der Waals surface area contributed by atoms with Crippen molar-refractivity contribution in [2.75, 3.05) is 36.1 Å². The van der Waals surface area contributed by atoms with Crippen molar-refractivity contribution in [3.8, 4) is 11.5 Å². The molecule has 1 saturated heterocycles. The summed E-state index contributed by atoms with van der Waals surface area (Å²) in [7, 11) is -0.251. The van der Waals surface area contributed by atoms with Gasteiger partial charge in [0.15, 0.2) is 11.5 Å². The topological polar surface area (TPSA) is 84.9 Å². The van der Waals surface area contributed by atoms with E-state index in [9.17, 15) is 13.2 Å². The van der Waals surface area contributed by atoms with Crippen LogP contribution in [-0.2, 0) is 10.0 Å². The van der Waals surface area contributed by atoms with Gasteiger partial charge < -0.3 is 14.8 Å². The first-order valence-electron chi connectivity index (χ1n) is 8.51. The molecular weight excluding hydrogens is 368 g/mol. The van der Waals surface area contributed by atoms with E-state index in [-0.39, 0.29) is 11.7 Å². The number of para-hydroxylation sites is 1. The number of hydrogen-bond donors (Lipinski definition) is 1. The van der Waals surface area contributed by atoms with Crippen LogP contribution < -0.4 is 19.1 Å². The third-order valence-electron chi connectivity index (χ3n) is 4.49. The minimum Gasteiger partial charge on any atom is -0.493 e. The summed E-state index contributed by atoms with van der Waals surface area (Å²) in [5.41, 5.74) is 2.33. The highest BCUT2D eigenvalue weighted by atomic mass is 32.2. The zero-order valence-electron chi connectivity index (χ0n) is 15.5. The van der Waals surface area contributed by atoms with E-state index in [2.05, 4.69) is 5.32 Å². The van der Waals surface area contributed by atoms with Gasteiger partial charge in [-0.25, -0.2) is 8.42 Å². The second-order valence-corrected chi connectivity index (χ2v) is 8.25. The quantitative estimate of drug-likeness (QED) is 0.849. The molecular formula is C19H22N2O5S. The minimum absolute atomic E-state index is 0.167. The average Bonchev–Trinajstić information content (AvgIpc) is 3.01. The molecule has 8 heteroatoms. The maximum atomic E-state index is 12.7. The molecule has 1 amide bonds. The van der Waals surface area contributed by atoms with Crippen LogP contribution in [0, 0.1) is 6.92 Å². The van der Waals surface area contributed by atoms with E-state index in [0.29, 0.717) is 41.4 Å². The van der Waals surface area contributed by atoms with Gasteiger partial charge in [-0.1, -0.05) is 6.07 Å². The molecule has 1 aliphatic rings. The fourth-order valence-electron chi connectivity index (χ4n) is 3.13. The first-order chi connectivity index (χ1) is 12.9. The molecule has 144 valence electrons. The molecule has 0 spiro atoms. The van der Waals surface area contributed by atoms with Gasteiger partial charge in [0, 0.05) is 12.2 Å². The Morgan fingerprint density at radius 2 is 1.93 bits per heavy atom. The summed E-state index contributed by atoms with van der Waals surface area (Å²) >= 11 is 0. The molecule has 0 unspecified atom stereocenters. The number of nitrogens with zero attached hydrogens (tertiary/aromatic N) is 1. The van der Waals surface area contributed by atoms with E-state index >= 15 is 0 Å². The highest BCUT2D eigenvalue weighted by Crippen LogP contribution is 2.32. The molecule has 1 aliphatic heterocycles. The first kappa shape index (κ1) is 19.0. The maximum absolute atomic E-state index is 12.7. The molecule has 1 N–H and O–H groups in total. The number of methoxy groups -OCH3 is 2. The van der Waals surface area contributed by atoms with E-state index in [1.54, 1.807) is 36.4 Å². The predicted octanol–water partition coefficient (Wildman–Crippen LogP) is 2.80. The fourth-order valence-corrected chi connectivity index (χ4v) is 4.68. The van der Waals surface area contributed by atoms with Crippen LogP contribution in [-0.4, -0.2) is 40.8 Å². The van der Waals surface area contributed by atoms with Gasteiger partial charge in [-0.05, 0) is 49.2 Å². The lowest BCUT2D eigenvalue weighted by atomic mass is 10.1. The minimum atomic E-state index is -3.24. The number of amides is 1. The molecule has 0 saturated carbocycles. The Bertz CT molecular complexity index is 972. The van der Waals surface area contributed by atoms with E-state index in [0.717, 1.165) is 5.56 Å². The van der Waals surface area contributed by atoms with Crippen molar-refractivity contribution in [3.63, 3.8) is 0 Å². The van der Waals surface area contributed by atoms with Crippen molar-refractivity contribution < 1.29 is 22.7 Å². The van der Waals surface area contributed by atoms with Gasteiger partial charge in [-0.2, -0.15) is 0 Å². The molecule has 0 aromatic heterocycles. The summed E-state index contributed by atoms with van der Waals surface area (Å²) in [6.07, 6.45) is 0.621. The number of benzene rings is 2. The maximum Gasteiger partial charge on any atom is 0.259 e. The zero-order chi connectivity index (χ0) is 19.6. The molecule has 3 rings (SSSR count). The van der Waals surface area contributed by atoms with Crippen molar-refractivity contribution in [1.82, 2.24) is 0 Å². The molecule has 27 heavy (non-hydrogen) atoms. The van der Waals surface area contributed by atoms with Crippen LogP contribution in [0.5, 0.6) is 11.5 Å². The molecule has 1 fully saturated rings. The van der Waals surface area contributed by atoms with E-state index in [4.69, 9.17) is 9.47 Å². The second-order valence-electron chi connectivity index (χ2n) is 6.24. The Labute approximate surface area is 158 Å². The summed E-state index contributed by atoms with van der Waals surface area (Å²) in [5.74, 6) is 0.655. The zero-order valence-corrected chi connectivity index (χ0v) is 16.3. The predicted molar refractivity (Wildman–Crippen MR) is 104 cm³/mol. The van der Waals surface area contributed by atoms with Crippen LogP contribution in [0.25, 0.3) is 0 Å². The lowest BCUT2D eigenvalue weighted by molar-refractivity contribution is 0.102. The number of carbonyl (C=O) groups is 1. The molecule has 0 atom stereocenters. The monoisotopic (exact) mass is 390 g/mol. The molecule has 2 aromatic carbocycles. The highest BCUT2D eigenvalue weighted by Gasteiger charge is 2.28. The van der Waals surface area contributed by atoms with Gasteiger partial charge >= 0.3 is 0 Å². The summed E-state index contributed by atoms with van der Waals surface area (Å²) in [6.45, 7) is 2.30. The van der Waals surface area contributed by atoms with E-state index < -0.39 is 10.0 Å². The number of nitrogens with one attached hydrogen (secondary N) is 1.